The lowest BCUT2D eigenvalue weighted by molar-refractivity contribution is -0.384. The van der Waals surface area contributed by atoms with E-state index in [1.54, 1.807) is 0 Å². The minimum Gasteiger partial charge on any atom is -0.403 e. The fraction of sp³-hybridized carbons (Fsp3) is 0. The first-order valence-corrected chi connectivity index (χ1v) is 4.96. The van der Waals surface area contributed by atoms with Crippen molar-refractivity contribution in [3.63, 3.8) is 0 Å². The van der Waals surface area contributed by atoms with Crippen LogP contribution in [-0.4, -0.2) is 21.2 Å². The molecule has 19 heavy (non-hydrogen) atoms. The van der Waals surface area contributed by atoms with Gasteiger partial charge in [-0.25, -0.2) is 10.6 Å². The summed E-state index contributed by atoms with van der Waals surface area (Å²) in [6.45, 7) is 0. The maximum atomic E-state index is 10.9. The van der Waals surface area contributed by atoms with E-state index < -0.39 is 11.0 Å². The largest absolute Gasteiger partial charge is 0.403 e. The molecule has 10 nitrogen and oxygen atoms in total. The van der Waals surface area contributed by atoms with Crippen LogP contribution in [-0.2, 0) is 0 Å². The number of nitro benzene ring substituents is 1. The predicted octanol–water partition coefficient (Wildman–Crippen LogP) is 0.640. The van der Waals surface area contributed by atoms with Crippen molar-refractivity contribution in [1.82, 2.24) is 15.6 Å². The molecule has 1 heterocycles. The minimum atomic E-state index is -0.709. The van der Waals surface area contributed by atoms with Gasteiger partial charge in [0.1, 0.15) is 0 Å². The van der Waals surface area contributed by atoms with E-state index in [-0.39, 0.29) is 17.6 Å². The van der Waals surface area contributed by atoms with Gasteiger partial charge < -0.3 is 4.42 Å². The van der Waals surface area contributed by atoms with Crippen molar-refractivity contribution in [2.75, 3.05) is 5.32 Å². The van der Waals surface area contributed by atoms with E-state index in [9.17, 15) is 14.9 Å². The van der Waals surface area contributed by atoms with E-state index >= 15 is 0 Å². The lowest BCUT2D eigenvalue weighted by Gasteiger charge is -1.97. The van der Waals surface area contributed by atoms with Gasteiger partial charge in [-0.05, 0) is 12.1 Å². The number of carbonyl (C=O) groups excluding carboxylic acids is 1. The van der Waals surface area contributed by atoms with Gasteiger partial charge in [0.15, 0.2) is 0 Å². The average Bonchev–Trinajstić information content (AvgIpc) is 2.87. The third-order valence-electron chi connectivity index (χ3n) is 2.10. The smallest absolute Gasteiger partial charge is 0.336 e. The summed E-state index contributed by atoms with van der Waals surface area (Å²) < 4.78 is 5.12. The van der Waals surface area contributed by atoms with Crippen molar-refractivity contribution in [3.05, 3.63) is 34.4 Å². The number of carbonyl (C=O) groups is 1. The molecule has 0 aliphatic carbocycles. The third kappa shape index (κ3) is 2.81. The molecule has 0 spiro atoms. The van der Waals surface area contributed by atoms with Crippen LogP contribution in [0.5, 0.6) is 0 Å². The highest BCUT2D eigenvalue weighted by Gasteiger charge is 2.12. The molecule has 0 bridgehead atoms. The number of amides is 2. The van der Waals surface area contributed by atoms with Gasteiger partial charge >= 0.3 is 12.0 Å². The second kappa shape index (κ2) is 5.10. The number of non-ortho nitro benzene ring substituents is 1. The highest BCUT2D eigenvalue weighted by Crippen LogP contribution is 2.22. The minimum absolute atomic E-state index is 0.0517. The lowest BCUT2D eigenvalue weighted by atomic mass is 10.2. The Morgan fingerprint density at radius 2 is 2.00 bits per heavy atom. The topological polar surface area (TPSA) is 149 Å². The number of nitrogens with zero attached hydrogens (tertiary/aromatic N) is 3. The van der Waals surface area contributed by atoms with Gasteiger partial charge in [-0.15, -0.1) is 5.10 Å². The summed E-state index contributed by atoms with van der Waals surface area (Å²) in [6, 6.07) is 4.67. The van der Waals surface area contributed by atoms with Gasteiger partial charge in [-0.1, -0.05) is 5.10 Å². The van der Waals surface area contributed by atoms with Gasteiger partial charge in [0.05, 0.1) is 4.92 Å². The molecule has 1 aromatic carbocycles. The van der Waals surface area contributed by atoms with Crippen LogP contribution < -0.4 is 16.6 Å². The average molecular weight is 264 g/mol. The molecular weight excluding hydrogens is 256 g/mol. The fourth-order valence-corrected chi connectivity index (χ4v) is 1.25. The Hall–Kier alpha value is -3.01. The molecular formula is C9H8N6O4. The van der Waals surface area contributed by atoms with E-state index in [1.807, 2.05) is 5.43 Å². The summed E-state index contributed by atoms with van der Waals surface area (Å²) in [4.78, 5) is 20.9. The lowest BCUT2D eigenvalue weighted by Crippen LogP contribution is -2.34. The van der Waals surface area contributed by atoms with Gasteiger partial charge in [0, 0.05) is 17.7 Å². The standard InChI is InChI=1S/C9H8N6O4/c10-12-8(16)11-9-14-13-7(19-9)5-1-3-6(4-2-5)15(17)18/h1-4H,10H2,(H2,11,12,14,16). The number of nitro groups is 1. The Labute approximate surface area is 105 Å². The second-order valence-corrected chi connectivity index (χ2v) is 3.31. The molecule has 0 unspecified atom stereocenters. The van der Waals surface area contributed by atoms with Gasteiger partial charge in [0.25, 0.3) is 5.69 Å². The highest BCUT2D eigenvalue weighted by atomic mass is 16.6. The van der Waals surface area contributed by atoms with Gasteiger partial charge in [-0.3, -0.25) is 20.9 Å². The zero-order valence-electron chi connectivity index (χ0n) is 9.36. The number of hydrogen-bond donors (Lipinski definition) is 3. The first-order valence-electron chi connectivity index (χ1n) is 4.96. The van der Waals surface area contributed by atoms with Crippen molar-refractivity contribution in [1.29, 1.82) is 0 Å². The highest BCUT2D eigenvalue weighted by molar-refractivity contribution is 5.86. The summed E-state index contributed by atoms with van der Waals surface area (Å²) in [5.74, 6) is 4.98. The maximum absolute atomic E-state index is 10.9. The fourth-order valence-electron chi connectivity index (χ4n) is 1.25. The number of benzene rings is 1. The monoisotopic (exact) mass is 264 g/mol. The Morgan fingerprint density at radius 3 is 2.58 bits per heavy atom. The zero-order valence-corrected chi connectivity index (χ0v) is 9.36. The Kier molecular flexibility index (Phi) is 3.34. The van der Waals surface area contributed by atoms with E-state index in [0.717, 1.165) is 0 Å². The maximum Gasteiger partial charge on any atom is 0.336 e. The summed E-state index contributed by atoms with van der Waals surface area (Å²) >= 11 is 0. The van der Waals surface area contributed by atoms with Crippen molar-refractivity contribution in [2.45, 2.75) is 0 Å². The molecule has 0 saturated heterocycles. The molecule has 1 aromatic heterocycles. The van der Waals surface area contributed by atoms with Crippen molar-refractivity contribution in [3.8, 4) is 11.5 Å². The Bertz CT molecular complexity index is 607. The number of rotatable bonds is 3. The zero-order chi connectivity index (χ0) is 13.8. The van der Waals surface area contributed by atoms with Gasteiger partial charge in [-0.2, -0.15) is 0 Å². The SMILES string of the molecule is NNC(=O)Nc1nnc(-c2ccc([N+](=O)[O-])cc2)o1. The van der Waals surface area contributed by atoms with Gasteiger partial charge in [0.2, 0.25) is 5.89 Å². The van der Waals surface area contributed by atoms with Crippen LogP contribution in [0.1, 0.15) is 0 Å². The summed E-state index contributed by atoms with van der Waals surface area (Å²) in [5.41, 5.74) is 2.26. The molecule has 0 aliphatic heterocycles. The molecule has 0 radical (unpaired) electrons. The summed E-state index contributed by atoms with van der Waals surface area (Å²) in [7, 11) is 0. The quantitative estimate of drug-likeness (QED) is 0.318. The first kappa shape index (κ1) is 12.4. The van der Waals surface area contributed by atoms with E-state index in [1.165, 1.54) is 24.3 Å². The molecule has 2 amide bonds. The molecule has 0 atom stereocenters. The van der Waals surface area contributed by atoms with Crippen molar-refractivity contribution < 1.29 is 14.1 Å². The number of nitrogens with one attached hydrogen (secondary N) is 2. The van der Waals surface area contributed by atoms with Crippen LogP contribution >= 0.6 is 0 Å². The number of aromatic nitrogens is 2. The normalized spacial score (nSPS) is 9.95. The Balaban J connectivity index is 2.18. The van der Waals surface area contributed by atoms with Crippen LogP contribution in [0.3, 0.4) is 0 Å². The molecule has 4 N–H and O–H groups in total. The molecule has 98 valence electrons. The molecule has 2 rings (SSSR count). The van der Waals surface area contributed by atoms with E-state index in [4.69, 9.17) is 10.3 Å². The van der Waals surface area contributed by atoms with Crippen LogP contribution in [0.25, 0.3) is 11.5 Å². The molecule has 0 aliphatic rings. The first-order chi connectivity index (χ1) is 9.10. The summed E-state index contributed by atoms with van der Waals surface area (Å²) in [5, 5.41) is 19.9. The molecule has 0 fully saturated rings. The Morgan fingerprint density at radius 1 is 1.32 bits per heavy atom. The number of hydrogen-bond acceptors (Lipinski definition) is 7. The number of urea groups is 1. The predicted molar refractivity (Wildman–Crippen MR) is 62.7 cm³/mol. The van der Waals surface area contributed by atoms with Crippen molar-refractivity contribution in [2.24, 2.45) is 5.84 Å². The summed E-state index contributed by atoms with van der Waals surface area (Å²) in [6.07, 6.45) is 0. The van der Waals surface area contributed by atoms with Crippen LogP contribution in [0.15, 0.2) is 28.7 Å². The molecule has 0 saturated carbocycles. The van der Waals surface area contributed by atoms with Crippen molar-refractivity contribution >= 4 is 17.7 Å². The molecule has 2 aromatic rings. The van der Waals surface area contributed by atoms with E-state index in [0.29, 0.717) is 5.56 Å². The van der Waals surface area contributed by atoms with E-state index in [2.05, 4.69) is 15.5 Å². The van der Waals surface area contributed by atoms with Crippen LogP contribution in [0.2, 0.25) is 0 Å². The number of nitrogens with two attached hydrogens (primary N) is 1. The number of anilines is 1. The third-order valence-corrected chi connectivity index (χ3v) is 2.10. The van der Waals surface area contributed by atoms with Crippen LogP contribution in [0, 0.1) is 10.1 Å². The second-order valence-electron chi connectivity index (χ2n) is 3.31. The molecule has 10 heteroatoms. The van der Waals surface area contributed by atoms with Crippen LogP contribution in [0.4, 0.5) is 16.5 Å². The number of hydrazine groups is 1.